The number of likely N-dealkylation sites (tertiary alicyclic amines) is 1. The molecule has 35 heavy (non-hydrogen) atoms. The zero-order valence-corrected chi connectivity index (χ0v) is 20.5. The number of pyridine rings is 1. The number of rotatable bonds is 9. The molecule has 0 aliphatic carbocycles. The Labute approximate surface area is 210 Å². The van der Waals surface area contributed by atoms with Crippen molar-refractivity contribution in [3.05, 3.63) is 93.8 Å². The number of aryl methyl sites for hydroxylation is 2. The summed E-state index contributed by atoms with van der Waals surface area (Å²) < 4.78 is 5.82. The number of halogens is 1. The van der Waals surface area contributed by atoms with E-state index < -0.39 is 5.97 Å². The second kappa shape index (κ2) is 11.4. The van der Waals surface area contributed by atoms with E-state index in [1.807, 2.05) is 48.2 Å². The maximum absolute atomic E-state index is 13.0. The van der Waals surface area contributed by atoms with E-state index >= 15 is 0 Å². The predicted octanol–water partition coefficient (Wildman–Crippen LogP) is 5.66. The first-order valence-electron chi connectivity index (χ1n) is 11.9. The first-order valence-corrected chi connectivity index (χ1v) is 12.3. The summed E-state index contributed by atoms with van der Waals surface area (Å²) in [5, 5.41) is 10.3. The van der Waals surface area contributed by atoms with Crippen molar-refractivity contribution in [1.82, 2.24) is 9.88 Å². The number of nitrogens with zero attached hydrogens (tertiary/aromatic N) is 2. The highest BCUT2D eigenvalue weighted by atomic mass is 35.5. The maximum atomic E-state index is 13.0. The Morgan fingerprint density at radius 2 is 1.91 bits per heavy atom. The molecule has 1 aromatic heterocycles. The van der Waals surface area contributed by atoms with Crippen LogP contribution in [0.5, 0.6) is 5.75 Å². The van der Waals surface area contributed by atoms with Crippen LogP contribution < -0.4 is 4.74 Å². The van der Waals surface area contributed by atoms with Crippen molar-refractivity contribution >= 4 is 23.5 Å². The molecule has 6 nitrogen and oxygen atoms in total. The Balaban J connectivity index is 1.45. The number of hydrogen-bond acceptors (Lipinski definition) is 4. The van der Waals surface area contributed by atoms with Crippen LogP contribution >= 0.6 is 11.6 Å². The smallest absolute Gasteiger partial charge is 0.337 e. The molecule has 0 unspecified atom stereocenters. The normalized spacial score (nSPS) is 15.3. The summed E-state index contributed by atoms with van der Waals surface area (Å²) in [6.07, 6.45) is 3.19. The number of ether oxygens (including phenoxy) is 1. The predicted molar refractivity (Wildman–Crippen MR) is 135 cm³/mol. The lowest BCUT2D eigenvalue weighted by Crippen LogP contribution is -2.31. The molecular formula is C28H29ClN2O4. The molecule has 1 amide bonds. The molecule has 0 radical (unpaired) electrons. The van der Waals surface area contributed by atoms with Gasteiger partial charge in [0.25, 0.3) is 0 Å². The van der Waals surface area contributed by atoms with E-state index in [0.717, 1.165) is 29.7 Å². The molecule has 0 bridgehead atoms. The van der Waals surface area contributed by atoms with Crippen LogP contribution in [0, 0.1) is 6.92 Å². The molecule has 1 fully saturated rings. The fraction of sp³-hybridized carbons (Fsp3) is 0.321. The second-order valence-corrected chi connectivity index (χ2v) is 9.18. The van der Waals surface area contributed by atoms with Crippen molar-refractivity contribution < 1.29 is 19.4 Å². The van der Waals surface area contributed by atoms with Crippen LogP contribution in [-0.4, -0.2) is 40.0 Å². The fourth-order valence-electron chi connectivity index (χ4n) is 4.47. The third-order valence-corrected chi connectivity index (χ3v) is 6.77. The molecular weight excluding hydrogens is 464 g/mol. The lowest BCUT2D eigenvalue weighted by molar-refractivity contribution is -0.132. The summed E-state index contributed by atoms with van der Waals surface area (Å²) in [5.74, 6) is -0.252. The van der Waals surface area contributed by atoms with Gasteiger partial charge in [-0.05, 0) is 67.6 Å². The Kier molecular flexibility index (Phi) is 8.03. The van der Waals surface area contributed by atoms with Crippen LogP contribution in [0.2, 0.25) is 5.02 Å². The molecule has 2 aromatic carbocycles. The Morgan fingerprint density at radius 1 is 1.11 bits per heavy atom. The third kappa shape index (κ3) is 6.20. The van der Waals surface area contributed by atoms with Gasteiger partial charge in [-0.25, -0.2) is 4.79 Å². The van der Waals surface area contributed by atoms with Crippen molar-refractivity contribution in [2.45, 2.75) is 45.1 Å². The topological polar surface area (TPSA) is 79.7 Å². The minimum atomic E-state index is -1.02. The van der Waals surface area contributed by atoms with Gasteiger partial charge in [0.15, 0.2) is 0 Å². The first-order chi connectivity index (χ1) is 16.9. The summed E-state index contributed by atoms with van der Waals surface area (Å²) >= 11 is 6.07. The van der Waals surface area contributed by atoms with Gasteiger partial charge in [0.2, 0.25) is 5.91 Å². The van der Waals surface area contributed by atoms with Crippen LogP contribution in [0.15, 0.2) is 60.7 Å². The summed E-state index contributed by atoms with van der Waals surface area (Å²) in [7, 11) is 0. The number of carbonyl (C=O) groups excluding carboxylic acids is 1. The van der Waals surface area contributed by atoms with Crippen molar-refractivity contribution in [3.8, 4) is 5.75 Å². The SMILES string of the molecule is Cc1cc(OCCc2nc([C@@H]3CCCN3C(=O)CCc3ccccc3)ccc2C(=O)O)ccc1Cl. The Hall–Kier alpha value is -3.38. The molecule has 1 saturated heterocycles. The number of aromatic carboxylic acids is 1. The standard InChI is InChI=1S/C28H29ClN2O4/c1-19-18-21(10-12-23(19)29)35-17-15-24-22(28(33)34)11-13-25(30-24)26-8-5-16-31(26)27(32)14-9-20-6-3-2-4-7-20/h2-4,6-7,10-13,18,26H,5,8-9,14-17H2,1H3,(H,33,34)/t26-/m0/s1. The van der Waals surface area contributed by atoms with Crippen molar-refractivity contribution in [1.29, 1.82) is 0 Å². The number of hydrogen-bond donors (Lipinski definition) is 1. The largest absolute Gasteiger partial charge is 0.493 e. The van der Waals surface area contributed by atoms with Gasteiger partial charge in [-0.2, -0.15) is 0 Å². The highest BCUT2D eigenvalue weighted by Gasteiger charge is 2.31. The third-order valence-electron chi connectivity index (χ3n) is 6.35. The number of carbonyl (C=O) groups is 2. The van der Waals surface area contributed by atoms with Gasteiger partial charge in [-0.3, -0.25) is 9.78 Å². The van der Waals surface area contributed by atoms with Gasteiger partial charge in [0, 0.05) is 24.4 Å². The van der Waals surface area contributed by atoms with E-state index in [1.54, 1.807) is 24.3 Å². The van der Waals surface area contributed by atoms with Crippen molar-refractivity contribution in [2.24, 2.45) is 0 Å². The molecule has 1 aliphatic heterocycles. The minimum Gasteiger partial charge on any atom is -0.493 e. The van der Waals surface area contributed by atoms with Crippen LogP contribution in [0.1, 0.15) is 58.2 Å². The number of aromatic nitrogens is 1. The number of benzene rings is 2. The average molecular weight is 493 g/mol. The fourth-order valence-corrected chi connectivity index (χ4v) is 4.59. The highest BCUT2D eigenvalue weighted by Crippen LogP contribution is 2.32. The zero-order chi connectivity index (χ0) is 24.8. The summed E-state index contributed by atoms with van der Waals surface area (Å²) in [6, 6.07) is 18.6. The molecule has 4 rings (SSSR count). The molecule has 182 valence electrons. The van der Waals surface area contributed by atoms with Gasteiger partial charge in [0.05, 0.1) is 29.6 Å². The summed E-state index contributed by atoms with van der Waals surface area (Å²) in [4.78, 5) is 31.4. The molecule has 7 heteroatoms. The zero-order valence-electron chi connectivity index (χ0n) is 19.7. The van der Waals surface area contributed by atoms with Crippen molar-refractivity contribution in [2.75, 3.05) is 13.2 Å². The van der Waals surface area contributed by atoms with E-state index in [2.05, 4.69) is 0 Å². The average Bonchev–Trinajstić information content (AvgIpc) is 3.35. The van der Waals surface area contributed by atoms with Crippen LogP contribution in [0.3, 0.4) is 0 Å². The van der Waals surface area contributed by atoms with Gasteiger partial charge in [0.1, 0.15) is 5.75 Å². The Bertz CT molecular complexity index is 1200. The van der Waals surface area contributed by atoms with Gasteiger partial charge in [-0.1, -0.05) is 41.9 Å². The molecule has 3 aromatic rings. The lowest BCUT2D eigenvalue weighted by atomic mass is 10.1. The lowest BCUT2D eigenvalue weighted by Gasteiger charge is -2.25. The second-order valence-electron chi connectivity index (χ2n) is 8.78. The molecule has 1 atom stereocenters. The van der Waals surface area contributed by atoms with Crippen LogP contribution in [0.4, 0.5) is 0 Å². The minimum absolute atomic E-state index is 0.100. The highest BCUT2D eigenvalue weighted by molar-refractivity contribution is 6.31. The molecule has 1 N–H and O–H groups in total. The van der Waals surface area contributed by atoms with Crippen molar-refractivity contribution in [3.63, 3.8) is 0 Å². The summed E-state index contributed by atoms with van der Waals surface area (Å²) in [6.45, 7) is 2.87. The molecule has 0 saturated carbocycles. The number of amides is 1. The van der Waals surface area contributed by atoms with Crippen LogP contribution in [0.25, 0.3) is 0 Å². The Morgan fingerprint density at radius 3 is 2.66 bits per heavy atom. The number of carboxylic acids is 1. The van der Waals surface area contributed by atoms with E-state index in [9.17, 15) is 14.7 Å². The van der Waals surface area contributed by atoms with E-state index in [4.69, 9.17) is 21.3 Å². The van der Waals surface area contributed by atoms with Gasteiger partial charge >= 0.3 is 5.97 Å². The molecule has 0 spiro atoms. The number of carboxylic acid groups (broad SMARTS) is 1. The molecule has 2 heterocycles. The quantitative estimate of drug-likeness (QED) is 0.417. The monoisotopic (exact) mass is 492 g/mol. The van der Waals surface area contributed by atoms with Crippen LogP contribution in [-0.2, 0) is 17.6 Å². The van der Waals surface area contributed by atoms with E-state index in [1.165, 1.54) is 0 Å². The van der Waals surface area contributed by atoms with E-state index in [-0.39, 0.29) is 24.1 Å². The maximum Gasteiger partial charge on any atom is 0.337 e. The summed E-state index contributed by atoms with van der Waals surface area (Å²) in [5.41, 5.74) is 3.40. The van der Waals surface area contributed by atoms with Gasteiger partial charge < -0.3 is 14.7 Å². The molecule has 1 aliphatic rings. The van der Waals surface area contributed by atoms with E-state index in [0.29, 0.717) is 42.3 Å². The first kappa shape index (κ1) is 24.7. The van der Waals surface area contributed by atoms with Gasteiger partial charge in [-0.15, -0.1) is 0 Å².